The summed E-state index contributed by atoms with van der Waals surface area (Å²) in [6, 6.07) is 7.61. The Morgan fingerprint density at radius 2 is 1.83 bits per heavy atom. The van der Waals surface area contributed by atoms with Gasteiger partial charge in [-0.15, -0.1) is 23.7 Å². The van der Waals surface area contributed by atoms with E-state index in [4.69, 9.17) is 0 Å². The van der Waals surface area contributed by atoms with Crippen LogP contribution in [-0.2, 0) is 17.6 Å². The number of nitrogens with zero attached hydrogens (tertiary/aromatic N) is 2. The van der Waals surface area contributed by atoms with E-state index in [1.165, 1.54) is 66.4 Å². The molecule has 0 bridgehead atoms. The lowest BCUT2D eigenvalue weighted by Crippen LogP contribution is -2.53. The van der Waals surface area contributed by atoms with Gasteiger partial charge < -0.3 is 4.90 Å². The molecule has 2 heterocycles. The van der Waals surface area contributed by atoms with Crippen LogP contribution in [0, 0.1) is 0 Å². The van der Waals surface area contributed by atoms with Gasteiger partial charge in [0.25, 0.3) is 0 Å². The summed E-state index contributed by atoms with van der Waals surface area (Å²) in [5.41, 5.74) is 2.62. The number of fused-ring (bicyclic) bond motifs is 1. The summed E-state index contributed by atoms with van der Waals surface area (Å²) in [7, 11) is 2.05. The van der Waals surface area contributed by atoms with Gasteiger partial charge in [-0.1, -0.05) is 38.3 Å². The van der Waals surface area contributed by atoms with Crippen molar-refractivity contribution in [2.24, 2.45) is 0 Å². The highest BCUT2D eigenvalue weighted by molar-refractivity contribution is 7.17. The van der Waals surface area contributed by atoms with Gasteiger partial charge in [0, 0.05) is 23.8 Å². The molecule has 29 heavy (non-hydrogen) atoms. The predicted octanol–water partition coefficient (Wildman–Crippen LogP) is 5.68. The summed E-state index contributed by atoms with van der Waals surface area (Å²) < 4.78 is 1.38. The molecule has 1 aliphatic carbocycles. The van der Waals surface area contributed by atoms with Crippen LogP contribution in [-0.4, -0.2) is 47.9 Å². The number of aryl methyl sites for hydroxylation is 1. The Bertz CT molecular complexity index is 814. The molecule has 0 N–H and O–H groups in total. The number of likely N-dealkylation sites (tertiary alicyclic amines) is 1. The number of rotatable bonds is 6. The monoisotopic (exact) mass is 434 g/mol. The van der Waals surface area contributed by atoms with E-state index >= 15 is 0 Å². The molecule has 2 unspecified atom stereocenters. The van der Waals surface area contributed by atoms with Crippen molar-refractivity contribution >= 4 is 39.7 Å². The summed E-state index contributed by atoms with van der Waals surface area (Å²) >= 11 is 1.82. The molecular formula is C24H35ClN2OS. The van der Waals surface area contributed by atoms with E-state index in [0.29, 0.717) is 18.5 Å². The Morgan fingerprint density at radius 1 is 1.10 bits per heavy atom. The van der Waals surface area contributed by atoms with Crippen molar-refractivity contribution in [2.45, 2.75) is 76.8 Å². The molecule has 3 nitrogen and oxygen atoms in total. The molecule has 1 saturated carbocycles. The Balaban J connectivity index is 0.00000240. The lowest BCUT2D eigenvalue weighted by atomic mass is 9.88. The minimum Gasteiger partial charge on any atom is -0.341 e. The third kappa shape index (κ3) is 4.81. The van der Waals surface area contributed by atoms with Crippen LogP contribution >= 0.6 is 23.7 Å². The quantitative estimate of drug-likeness (QED) is 0.583. The third-order valence-electron chi connectivity index (χ3n) is 6.84. The number of carbonyl (C=O) groups excluding carboxylic acids is 1. The molecule has 1 saturated heterocycles. The fraction of sp³-hybridized carbons (Fsp3) is 0.625. The maximum absolute atomic E-state index is 13.3. The molecule has 0 radical (unpaired) electrons. The Morgan fingerprint density at radius 3 is 2.59 bits per heavy atom. The molecular weight excluding hydrogens is 400 g/mol. The maximum Gasteiger partial charge on any atom is 0.227 e. The van der Waals surface area contributed by atoms with E-state index in [1.807, 2.05) is 11.3 Å². The van der Waals surface area contributed by atoms with Gasteiger partial charge in [0.05, 0.1) is 6.42 Å². The summed E-state index contributed by atoms with van der Waals surface area (Å²) in [4.78, 5) is 18.0. The second kappa shape index (κ2) is 10.3. The van der Waals surface area contributed by atoms with E-state index in [1.54, 1.807) is 0 Å². The second-order valence-corrected chi connectivity index (χ2v) is 9.56. The lowest BCUT2D eigenvalue weighted by Gasteiger charge is -2.42. The van der Waals surface area contributed by atoms with Crippen molar-refractivity contribution in [3.05, 3.63) is 34.7 Å². The topological polar surface area (TPSA) is 23.6 Å². The smallest absolute Gasteiger partial charge is 0.227 e. The van der Waals surface area contributed by atoms with Crippen LogP contribution in [0.1, 0.15) is 63.0 Å². The summed E-state index contributed by atoms with van der Waals surface area (Å²) in [5, 5.41) is 3.46. The van der Waals surface area contributed by atoms with Crippen LogP contribution in [0.5, 0.6) is 0 Å². The highest BCUT2D eigenvalue weighted by atomic mass is 35.5. The van der Waals surface area contributed by atoms with Gasteiger partial charge in [-0.2, -0.15) is 0 Å². The molecule has 1 amide bonds. The zero-order valence-corrected chi connectivity index (χ0v) is 19.5. The van der Waals surface area contributed by atoms with E-state index in [2.05, 4.69) is 47.4 Å². The number of halogens is 1. The SMILES string of the molecule is CCCc1ccc(CC(=O)N(C)C2CCCCC2N2CCCC2)c2ccsc12.Cl. The minimum absolute atomic E-state index is 0. The molecule has 1 aromatic carbocycles. The predicted molar refractivity (Wildman–Crippen MR) is 126 cm³/mol. The van der Waals surface area contributed by atoms with Crippen molar-refractivity contribution in [2.75, 3.05) is 20.1 Å². The third-order valence-corrected chi connectivity index (χ3v) is 7.83. The molecule has 2 atom stereocenters. The van der Waals surface area contributed by atoms with Gasteiger partial charge in [-0.05, 0) is 73.2 Å². The van der Waals surface area contributed by atoms with Crippen molar-refractivity contribution < 1.29 is 4.79 Å². The number of hydrogen-bond acceptors (Lipinski definition) is 3. The van der Waals surface area contributed by atoms with E-state index < -0.39 is 0 Å². The summed E-state index contributed by atoms with van der Waals surface area (Å²) in [6.07, 6.45) is 10.4. The van der Waals surface area contributed by atoms with E-state index in [9.17, 15) is 4.79 Å². The Hall–Kier alpha value is -1.10. The van der Waals surface area contributed by atoms with Gasteiger partial charge >= 0.3 is 0 Å². The number of hydrogen-bond donors (Lipinski definition) is 0. The van der Waals surface area contributed by atoms with E-state index in [-0.39, 0.29) is 18.3 Å². The molecule has 2 fully saturated rings. The summed E-state index contributed by atoms with van der Waals surface area (Å²) in [6.45, 7) is 4.67. The average Bonchev–Trinajstić information content (AvgIpc) is 3.41. The number of benzene rings is 1. The van der Waals surface area contributed by atoms with Crippen molar-refractivity contribution in [3.8, 4) is 0 Å². The first kappa shape index (κ1) is 22.6. The van der Waals surface area contributed by atoms with Gasteiger partial charge in [0.1, 0.15) is 0 Å². The first-order chi connectivity index (χ1) is 13.7. The zero-order valence-electron chi connectivity index (χ0n) is 17.9. The zero-order chi connectivity index (χ0) is 19.5. The number of thiophene rings is 1. The van der Waals surface area contributed by atoms with Crippen LogP contribution < -0.4 is 0 Å². The fourth-order valence-electron chi connectivity index (χ4n) is 5.31. The highest BCUT2D eigenvalue weighted by Gasteiger charge is 2.35. The molecule has 5 heteroatoms. The van der Waals surface area contributed by atoms with Crippen LogP contribution in [0.4, 0.5) is 0 Å². The van der Waals surface area contributed by atoms with Crippen molar-refractivity contribution in [3.63, 3.8) is 0 Å². The standard InChI is InChI=1S/C24H34N2OS.ClH/c1-3-8-18-11-12-19(20-13-16-28-24(18)20)17-23(27)25(2)21-9-4-5-10-22(21)26-14-6-7-15-26;/h11-13,16,21-22H,3-10,14-15,17H2,1-2H3;1H. The fourth-order valence-corrected chi connectivity index (χ4v) is 6.30. The highest BCUT2D eigenvalue weighted by Crippen LogP contribution is 2.32. The summed E-state index contributed by atoms with van der Waals surface area (Å²) in [5.74, 6) is 0.284. The molecule has 0 spiro atoms. The van der Waals surface area contributed by atoms with Crippen LogP contribution in [0.25, 0.3) is 10.1 Å². The Kier molecular flexibility index (Phi) is 8.00. The number of likely N-dealkylation sites (N-methyl/N-ethyl adjacent to an activating group) is 1. The normalized spacial score (nSPS) is 22.6. The minimum atomic E-state index is 0. The number of carbonyl (C=O) groups is 1. The Labute approximate surface area is 185 Å². The largest absolute Gasteiger partial charge is 0.341 e. The number of amides is 1. The van der Waals surface area contributed by atoms with Crippen molar-refractivity contribution in [1.82, 2.24) is 9.80 Å². The maximum atomic E-state index is 13.3. The van der Waals surface area contributed by atoms with Gasteiger partial charge in [0.15, 0.2) is 0 Å². The molecule has 4 rings (SSSR count). The molecule has 1 aromatic heterocycles. The first-order valence-corrected chi connectivity index (χ1v) is 12.0. The molecule has 2 aromatic rings. The second-order valence-electron chi connectivity index (χ2n) is 8.64. The van der Waals surface area contributed by atoms with Gasteiger partial charge in [-0.3, -0.25) is 9.69 Å². The van der Waals surface area contributed by atoms with Gasteiger partial charge in [0.2, 0.25) is 5.91 Å². The molecule has 1 aliphatic heterocycles. The molecule has 160 valence electrons. The average molecular weight is 435 g/mol. The van der Waals surface area contributed by atoms with E-state index in [0.717, 1.165) is 19.3 Å². The van der Waals surface area contributed by atoms with Crippen LogP contribution in [0.2, 0.25) is 0 Å². The van der Waals surface area contributed by atoms with Gasteiger partial charge in [-0.25, -0.2) is 0 Å². The van der Waals surface area contributed by atoms with Crippen molar-refractivity contribution in [1.29, 1.82) is 0 Å². The first-order valence-electron chi connectivity index (χ1n) is 11.2. The molecule has 2 aliphatic rings. The van der Waals surface area contributed by atoms with Crippen LogP contribution in [0.3, 0.4) is 0 Å². The lowest BCUT2D eigenvalue weighted by molar-refractivity contribution is -0.133. The van der Waals surface area contributed by atoms with Crippen LogP contribution in [0.15, 0.2) is 23.6 Å².